The number of imidazole rings is 1. The van der Waals surface area contributed by atoms with Crippen LogP contribution in [0.1, 0.15) is 30.8 Å². The van der Waals surface area contributed by atoms with E-state index in [2.05, 4.69) is 10.2 Å². The Kier molecular flexibility index (Phi) is 14.0. The van der Waals surface area contributed by atoms with E-state index in [0.29, 0.717) is 41.1 Å². The van der Waals surface area contributed by atoms with Gasteiger partial charge in [0.15, 0.2) is 0 Å². The molecular weight excluding hydrogens is 653 g/mol. The van der Waals surface area contributed by atoms with Gasteiger partial charge in [-0.05, 0) is 49.0 Å². The third kappa shape index (κ3) is 9.19. The fourth-order valence-electron chi connectivity index (χ4n) is 4.87. The van der Waals surface area contributed by atoms with Gasteiger partial charge in [-0.2, -0.15) is 0 Å². The highest BCUT2D eigenvalue weighted by atomic mass is 35.5. The first-order valence-electron chi connectivity index (χ1n) is 14.2. The summed E-state index contributed by atoms with van der Waals surface area (Å²) in [6.07, 6.45) is 0.322. The highest BCUT2D eigenvalue weighted by Gasteiger charge is 2.26. The maximum Gasteiger partial charge on any atom is 0.322 e. The molecule has 0 fully saturated rings. The lowest BCUT2D eigenvalue weighted by Crippen LogP contribution is -2.38. The number of sulfonamides is 1. The van der Waals surface area contributed by atoms with Crippen LogP contribution in [0.5, 0.6) is 0 Å². The van der Waals surface area contributed by atoms with Gasteiger partial charge in [0.2, 0.25) is 5.91 Å². The van der Waals surface area contributed by atoms with Crippen LogP contribution in [0.15, 0.2) is 77.7 Å². The van der Waals surface area contributed by atoms with Crippen LogP contribution < -0.4 is 15.4 Å². The highest BCUT2D eigenvalue weighted by Crippen LogP contribution is 2.28. The van der Waals surface area contributed by atoms with E-state index in [9.17, 15) is 18.0 Å². The molecule has 1 amide bonds. The fraction of sp³-hybridized carbons (Fsp3) is 0.290. The monoisotopic (exact) mass is 691 g/mol. The minimum Gasteiger partial charge on any atom is -0.480 e. The number of carboxylic acid groups (broad SMARTS) is 1. The minimum atomic E-state index is -3.91. The van der Waals surface area contributed by atoms with E-state index in [1.807, 2.05) is 26.0 Å². The zero-order valence-electron chi connectivity index (χ0n) is 25.5. The number of aliphatic carboxylic acids is 1. The molecule has 12 nitrogen and oxygen atoms in total. The zero-order valence-corrected chi connectivity index (χ0v) is 28.0. The highest BCUT2D eigenvalue weighted by molar-refractivity contribution is 7.92. The van der Waals surface area contributed by atoms with E-state index in [0.717, 1.165) is 18.7 Å². The topological polar surface area (TPSA) is 175 Å². The molecule has 1 aromatic heterocycles. The summed E-state index contributed by atoms with van der Waals surface area (Å²) in [5, 5.41) is 19.0. The lowest BCUT2D eigenvalue weighted by atomic mass is 10.1. The Bertz CT molecular complexity index is 1750. The number of hydrogen-bond donors (Lipinski definition) is 4. The summed E-state index contributed by atoms with van der Waals surface area (Å²) in [5.41, 5.74) is 8.53. The molecule has 5 N–H and O–H groups in total. The zero-order chi connectivity index (χ0) is 31.9. The number of benzene rings is 3. The molecule has 248 valence electrons. The lowest BCUT2D eigenvalue weighted by molar-refractivity contribution is -0.138. The Labute approximate surface area is 281 Å². The summed E-state index contributed by atoms with van der Waals surface area (Å²) in [6, 6.07) is 20.5. The predicted molar refractivity (Wildman–Crippen MR) is 184 cm³/mol. The van der Waals surface area contributed by atoms with E-state index in [-0.39, 0.29) is 48.6 Å². The standard InChI is InChI=1S/C31H37N7O5S.2ClH/c1-3-36(4-2)16-17-38(44(42,43)25-8-6-5-7-9-25)24-14-15-27-26(19-24)35-28(37(27)21-29(39)34-20-30(40)41)18-22-10-12-23(13-11-22)31(32)33;;/h5-15,19H,3-4,16-18,20-21H2,1-2H3,(H3,32,33)(H,34,39)(H,40,41);2*1H. The molecule has 0 atom stereocenters. The van der Waals surface area contributed by atoms with Gasteiger partial charge in [0.05, 0.1) is 21.6 Å². The van der Waals surface area contributed by atoms with E-state index in [1.165, 1.54) is 4.31 Å². The molecule has 0 unspecified atom stereocenters. The number of rotatable bonds is 15. The lowest BCUT2D eigenvalue weighted by Gasteiger charge is -2.27. The number of nitrogen functional groups attached to an aromatic ring is 1. The van der Waals surface area contributed by atoms with E-state index in [1.54, 1.807) is 65.2 Å². The fourth-order valence-corrected chi connectivity index (χ4v) is 6.34. The molecule has 4 aromatic rings. The first-order chi connectivity index (χ1) is 21.0. The molecule has 0 bridgehead atoms. The molecule has 15 heteroatoms. The number of carbonyl (C=O) groups is 2. The molecule has 0 saturated heterocycles. The summed E-state index contributed by atoms with van der Waals surface area (Å²) < 4.78 is 30.8. The Balaban J connectivity index is 0.00000368. The Morgan fingerprint density at radius 3 is 2.22 bits per heavy atom. The van der Waals surface area contributed by atoms with Crippen LogP contribution in [0.4, 0.5) is 5.69 Å². The molecule has 46 heavy (non-hydrogen) atoms. The summed E-state index contributed by atoms with van der Waals surface area (Å²) in [5.74, 6) is -1.19. The van der Waals surface area contributed by atoms with Crippen molar-refractivity contribution in [3.05, 3.63) is 89.7 Å². The van der Waals surface area contributed by atoms with Crippen LogP contribution in [0.25, 0.3) is 11.0 Å². The average Bonchev–Trinajstić information content (AvgIpc) is 3.34. The third-order valence-electron chi connectivity index (χ3n) is 7.31. The first kappa shape index (κ1) is 38.0. The van der Waals surface area contributed by atoms with Gasteiger partial charge in [0.1, 0.15) is 24.7 Å². The Morgan fingerprint density at radius 1 is 0.978 bits per heavy atom. The Morgan fingerprint density at radius 2 is 1.63 bits per heavy atom. The molecule has 0 saturated carbocycles. The van der Waals surface area contributed by atoms with Gasteiger partial charge < -0.3 is 25.6 Å². The first-order valence-corrected chi connectivity index (χ1v) is 15.7. The predicted octanol–water partition coefficient (Wildman–Crippen LogP) is 3.49. The third-order valence-corrected chi connectivity index (χ3v) is 9.15. The molecule has 0 spiro atoms. The number of halogens is 2. The number of fused-ring (bicyclic) bond motifs is 1. The summed E-state index contributed by atoms with van der Waals surface area (Å²) in [7, 11) is -3.91. The van der Waals surface area contributed by atoms with Crippen LogP contribution in [-0.2, 0) is 32.6 Å². The number of carboxylic acids is 1. The van der Waals surface area contributed by atoms with Crippen molar-refractivity contribution in [3.8, 4) is 0 Å². The second-order valence-electron chi connectivity index (χ2n) is 10.2. The maximum absolute atomic E-state index is 13.9. The van der Waals surface area contributed by atoms with Crippen LogP contribution >= 0.6 is 24.8 Å². The Hall–Kier alpha value is -4.17. The summed E-state index contributed by atoms with van der Waals surface area (Å²) in [4.78, 5) is 30.8. The number of amides is 1. The van der Waals surface area contributed by atoms with E-state index in [4.69, 9.17) is 21.2 Å². The van der Waals surface area contributed by atoms with Crippen LogP contribution in [0, 0.1) is 5.41 Å². The quantitative estimate of drug-likeness (QED) is 0.108. The second kappa shape index (κ2) is 16.9. The van der Waals surface area contributed by atoms with Crippen LogP contribution in [0.3, 0.4) is 0 Å². The molecule has 0 aliphatic carbocycles. The number of amidine groups is 1. The van der Waals surface area contributed by atoms with Crippen molar-refractivity contribution in [1.82, 2.24) is 19.8 Å². The van der Waals surface area contributed by atoms with Gasteiger partial charge in [-0.1, -0.05) is 56.3 Å². The van der Waals surface area contributed by atoms with E-state index >= 15 is 0 Å². The van der Waals surface area contributed by atoms with Gasteiger partial charge >= 0.3 is 5.97 Å². The normalized spacial score (nSPS) is 11.0. The van der Waals surface area contributed by atoms with Crippen molar-refractivity contribution < 1.29 is 23.1 Å². The molecular formula is C31H39Cl2N7O5S. The SMILES string of the molecule is CCN(CC)CCN(c1ccc2c(c1)nc(Cc1ccc(C(=N)N)cc1)n2CC(=O)NCC(=O)O)S(=O)(=O)c1ccccc1.Cl.Cl. The van der Waals surface area contributed by atoms with Crippen LogP contribution in [-0.4, -0.2) is 78.4 Å². The number of nitrogens with two attached hydrogens (primary N) is 1. The molecule has 4 rings (SSSR count). The smallest absolute Gasteiger partial charge is 0.322 e. The van der Waals surface area contributed by atoms with Gasteiger partial charge in [-0.15, -0.1) is 24.8 Å². The van der Waals surface area contributed by atoms with E-state index < -0.39 is 28.4 Å². The maximum atomic E-state index is 13.9. The number of hydrogen-bond acceptors (Lipinski definition) is 7. The molecule has 0 aliphatic heterocycles. The van der Waals surface area contributed by atoms with Crippen molar-refractivity contribution >= 4 is 69.3 Å². The molecule has 3 aromatic carbocycles. The summed E-state index contributed by atoms with van der Waals surface area (Å²) >= 11 is 0. The number of carbonyl (C=O) groups excluding carboxylic acids is 1. The minimum absolute atomic E-state index is 0. The van der Waals surface area contributed by atoms with Gasteiger partial charge in [-0.3, -0.25) is 19.3 Å². The molecule has 1 heterocycles. The number of likely N-dealkylation sites (N-methyl/N-ethyl adjacent to an activating group) is 1. The molecule has 0 radical (unpaired) electrons. The number of nitrogens with zero attached hydrogens (tertiary/aromatic N) is 4. The largest absolute Gasteiger partial charge is 0.480 e. The van der Waals surface area contributed by atoms with Crippen molar-refractivity contribution in [2.75, 3.05) is 37.0 Å². The molecule has 0 aliphatic rings. The number of nitrogens with one attached hydrogen (secondary N) is 2. The van der Waals surface area contributed by atoms with Crippen molar-refractivity contribution in [3.63, 3.8) is 0 Å². The second-order valence-corrected chi connectivity index (χ2v) is 12.0. The van der Waals surface area contributed by atoms with Gasteiger partial charge in [0.25, 0.3) is 10.0 Å². The average molecular weight is 693 g/mol. The van der Waals surface area contributed by atoms with Gasteiger partial charge in [0, 0.05) is 25.1 Å². The summed E-state index contributed by atoms with van der Waals surface area (Å²) in [6.45, 7) is 5.66. The number of anilines is 1. The van der Waals surface area contributed by atoms with Gasteiger partial charge in [-0.25, -0.2) is 13.4 Å². The number of aromatic nitrogens is 2. The van der Waals surface area contributed by atoms with Crippen molar-refractivity contribution in [2.45, 2.75) is 31.7 Å². The van der Waals surface area contributed by atoms with Crippen molar-refractivity contribution in [1.29, 1.82) is 5.41 Å². The van der Waals surface area contributed by atoms with Crippen LogP contribution in [0.2, 0.25) is 0 Å². The van der Waals surface area contributed by atoms with Crippen molar-refractivity contribution in [2.24, 2.45) is 5.73 Å².